The van der Waals surface area contributed by atoms with Crippen LogP contribution < -0.4 is 4.72 Å². The van der Waals surface area contributed by atoms with Gasteiger partial charge >= 0.3 is 0 Å². The smallest absolute Gasteiger partial charge is 0.263 e. The maximum Gasteiger partial charge on any atom is 0.263 e. The summed E-state index contributed by atoms with van der Waals surface area (Å²) in [6.45, 7) is 10.3. The summed E-state index contributed by atoms with van der Waals surface area (Å²) in [4.78, 5) is 0.348. The third kappa shape index (κ3) is 3.76. The molecule has 142 valence electrons. The highest BCUT2D eigenvalue weighted by Gasteiger charge is 2.24. The van der Waals surface area contributed by atoms with Gasteiger partial charge in [0.2, 0.25) is 0 Å². The first kappa shape index (κ1) is 19.2. The molecular formula is C21H25N3O2S. The fourth-order valence-corrected chi connectivity index (χ4v) is 4.93. The van der Waals surface area contributed by atoms with Crippen LogP contribution in [0.2, 0.25) is 0 Å². The monoisotopic (exact) mass is 383 g/mol. The number of benzene rings is 2. The van der Waals surface area contributed by atoms with Crippen LogP contribution in [0.4, 0.5) is 5.82 Å². The largest absolute Gasteiger partial charge is 0.266 e. The molecule has 0 amide bonds. The predicted octanol–water partition coefficient (Wildman–Crippen LogP) is 4.27. The van der Waals surface area contributed by atoms with Gasteiger partial charge < -0.3 is 0 Å². The van der Waals surface area contributed by atoms with Gasteiger partial charge in [0.05, 0.1) is 11.4 Å². The van der Waals surface area contributed by atoms with Gasteiger partial charge in [0.1, 0.15) is 0 Å². The zero-order valence-corrected chi connectivity index (χ0v) is 17.2. The van der Waals surface area contributed by atoms with Crippen LogP contribution in [0.25, 0.3) is 0 Å². The van der Waals surface area contributed by atoms with Gasteiger partial charge in [0.25, 0.3) is 10.0 Å². The van der Waals surface area contributed by atoms with E-state index in [9.17, 15) is 8.42 Å². The highest BCUT2D eigenvalue weighted by atomic mass is 32.2. The summed E-state index contributed by atoms with van der Waals surface area (Å²) in [5.74, 6) is 0.320. The van der Waals surface area contributed by atoms with Crippen LogP contribution in [0.5, 0.6) is 0 Å². The zero-order valence-electron chi connectivity index (χ0n) is 16.4. The van der Waals surface area contributed by atoms with Crippen LogP contribution >= 0.6 is 0 Å². The lowest BCUT2D eigenvalue weighted by Gasteiger charge is -2.18. The van der Waals surface area contributed by atoms with Gasteiger partial charge in [0.15, 0.2) is 5.82 Å². The van der Waals surface area contributed by atoms with E-state index < -0.39 is 10.0 Å². The molecule has 0 fully saturated rings. The van der Waals surface area contributed by atoms with Crippen LogP contribution in [-0.4, -0.2) is 18.2 Å². The minimum atomic E-state index is -3.72. The molecule has 2 aromatic carbocycles. The second-order valence-electron chi connectivity index (χ2n) is 6.94. The number of hydrogen-bond acceptors (Lipinski definition) is 3. The Balaban J connectivity index is 1.90. The molecule has 0 aliphatic heterocycles. The second kappa shape index (κ2) is 7.19. The van der Waals surface area contributed by atoms with Gasteiger partial charge in [0, 0.05) is 12.3 Å². The minimum absolute atomic E-state index is 0.320. The van der Waals surface area contributed by atoms with Crippen LogP contribution in [0.3, 0.4) is 0 Å². The molecule has 6 heteroatoms. The van der Waals surface area contributed by atoms with Gasteiger partial charge in [-0.25, -0.2) is 8.42 Å². The van der Waals surface area contributed by atoms with Crippen molar-refractivity contribution in [1.82, 2.24) is 9.78 Å². The van der Waals surface area contributed by atoms with Gasteiger partial charge in [-0.1, -0.05) is 30.3 Å². The van der Waals surface area contributed by atoms with E-state index >= 15 is 0 Å². The third-order valence-corrected chi connectivity index (χ3v) is 6.89. The Kier molecular flexibility index (Phi) is 5.11. The fraction of sp³-hybridized carbons (Fsp3) is 0.286. The summed E-state index contributed by atoms with van der Waals surface area (Å²) in [7, 11) is -3.72. The Morgan fingerprint density at radius 3 is 2.00 bits per heavy atom. The summed E-state index contributed by atoms with van der Waals surface area (Å²) >= 11 is 0. The normalized spacial score (nSPS) is 11.6. The summed E-state index contributed by atoms with van der Waals surface area (Å²) < 4.78 is 30.5. The molecule has 0 saturated heterocycles. The van der Waals surface area contributed by atoms with Gasteiger partial charge in [-0.15, -0.1) is 0 Å². The maximum absolute atomic E-state index is 13.1. The van der Waals surface area contributed by atoms with E-state index in [1.54, 1.807) is 16.9 Å². The van der Waals surface area contributed by atoms with E-state index in [0.29, 0.717) is 17.3 Å². The summed E-state index contributed by atoms with van der Waals surface area (Å²) in [6.07, 6.45) is 1.77. The standard InChI is InChI=1S/C21H25N3O2S/c1-14-15(2)17(4)21(18(5)16(14)3)27(25,26)23-20-11-12-24(22-20)13-19-9-7-6-8-10-19/h6-12H,13H2,1-5H3,(H,22,23). The summed E-state index contributed by atoms with van der Waals surface area (Å²) in [6, 6.07) is 11.6. The quantitative estimate of drug-likeness (QED) is 0.715. The summed E-state index contributed by atoms with van der Waals surface area (Å²) in [5, 5.41) is 4.36. The third-order valence-electron chi connectivity index (χ3n) is 5.27. The number of hydrogen-bond donors (Lipinski definition) is 1. The average Bonchev–Trinajstić information content (AvgIpc) is 3.05. The van der Waals surface area contributed by atoms with Crippen LogP contribution in [0, 0.1) is 34.6 Å². The van der Waals surface area contributed by atoms with Crippen molar-refractivity contribution in [2.75, 3.05) is 4.72 Å². The van der Waals surface area contributed by atoms with Crippen molar-refractivity contribution in [3.63, 3.8) is 0 Å². The van der Waals surface area contributed by atoms with Crippen LogP contribution in [-0.2, 0) is 16.6 Å². The van der Waals surface area contributed by atoms with Gasteiger partial charge in [-0.3, -0.25) is 9.40 Å². The molecule has 0 saturated carbocycles. The summed E-state index contributed by atoms with van der Waals surface area (Å²) in [5.41, 5.74) is 5.82. The topological polar surface area (TPSA) is 64.0 Å². The highest BCUT2D eigenvalue weighted by molar-refractivity contribution is 7.92. The number of rotatable bonds is 5. The van der Waals surface area contributed by atoms with Crippen molar-refractivity contribution < 1.29 is 8.42 Å². The highest BCUT2D eigenvalue weighted by Crippen LogP contribution is 2.30. The lowest BCUT2D eigenvalue weighted by molar-refractivity contribution is 0.599. The molecule has 0 atom stereocenters. The van der Waals surface area contributed by atoms with E-state index in [1.165, 1.54) is 0 Å². The minimum Gasteiger partial charge on any atom is -0.266 e. The number of sulfonamides is 1. The Bertz CT molecular complexity index is 1060. The zero-order chi connectivity index (χ0) is 19.8. The molecule has 0 radical (unpaired) electrons. The predicted molar refractivity (Wildman–Crippen MR) is 109 cm³/mol. The lowest BCUT2D eigenvalue weighted by atomic mass is 9.95. The Hall–Kier alpha value is -2.60. The van der Waals surface area contributed by atoms with Crippen molar-refractivity contribution in [2.45, 2.75) is 46.1 Å². The molecule has 5 nitrogen and oxygen atoms in total. The number of anilines is 1. The van der Waals surface area contributed by atoms with Gasteiger partial charge in [-0.05, 0) is 68.0 Å². The first-order chi connectivity index (χ1) is 12.7. The molecular weight excluding hydrogens is 358 g/mol. The molecule has 0 aliphatic rings. The lowest BCUT2D eigenvalue weighted by Crippen LogP contribution is -2.18. The molecule has 1 heterocycles. The van der Waals surface area contributed by atoms with E-state index in [4.69, 9.17) is 0 Å². The Morgan fingerprint density at radius 1 is 0.852 bits per heavy atom. The number of aromatic nitrogens is 2. The molecule has 0 spiro atoms. The van der Waals surface area contributed by atoms with Crippen molar-refractivity contribution in [3.8, 4) is 0 Å². The number of nitrogens with zero attached hydrogens (tertiary/aromatic N) is 2. The van der Waals surface area contributed by atoms with E-state index in [1.807, 2.05) is 65.0 Å². The van der Waals surface area contributed by atoms with E-state index in [2.05, 4.69) is 9.82 Å². The van der Waals surface area contributed by atoms with Crippen LogP contribution in [0.15, 0.2) is 47.5 Å². The average molecular weight is 384 g/mol. The second-order valence-corrected chi connectivity index (χ2v) is 8.56. The van der Waals surface area contributed by atoms with Crippen LogP contribution in [0.1, 0.15) is 33.4 Å². The van der Waals surface area contributed by atoms with Gasteiger partial charge in [-0.2, -0.15) is 5.10 Å². The Morgan fingerprint density at radius 2 is 1.41 bits per heavy atom. The molecule has 3 rings (SSSR count). The van der Waals surface area contributed by atoms with E-state index in [0.717, 1.165) is 33.4 Å². The molecule has 0 aliphatic carbocycles. The van der Waals surface area contributed by atoms with Crippen molar-refractivity contribution in [2.24, 2.45) is 0 Å². The Labute approximate surface area is 161 Å². The molecule has 1 N–H and O–H groups in total. The SMILES string of the molecule is Cc1c(C)c(C)c(S(=O)(=O)Nc2ccn(Cc3ccccc3)n2)c(C)c1C. The van der Waals surface area contributed by atoms with Crippen molar-refractivity contribution in [1.29, 1.82) is 0 Å². The van der Waals surface area contributed by atoms with Crippen molar-refractivity contribution >= 4 is 15.8 Å². The number of nitrogens with one attached hydrogen (secondary N) is 1. The molecule has 27 heavy (non-hydrogen) atoms. The molecule has 0 bridgehead atoms. The first-order valence-corrected chi connectivity index (χ1v) is 10.4. The molecule has 3 aromatic rings. The maximum atomic E-state index is 13.1. The molecule has 1 aromatic heterocycles. The van der Waals surface area contributed by atoms with Crippen molar-refractivity contribution in [3.05, 3.63) is 76.0 Å². The fourth-order valence-electron chi connectivity index (χ4n) is 3.33. The first-order valence-electron chi connectivity index (χ1n) is 8.88. The van der Waals surface area contributed by atoms with E-state index in [-0.39, 0.29) is 0 Å². The molecule has 0 unspecified atom stereocenters.